The number of nitrogens with one attached hydrogen (secondary N) is 1. The fourth-order valence-corrected chi connectivity index (χ4v) is 3.01. The van der Waals surface area contributed by atoms with Crippen molar-refractivity contribution in [1.82, 2.24) is 10.2 Å². The van der Waals surface area contributed by atoms with Crippen molar-refractivity contribution in [2.75, 3.05) is 27.3 Å². The Bertz CT molecular complexity index is 651. The van der Waals surface area contributed by atoms with Gasteiger partial charge in [0.15, 0.2) is 0 Å². The molecule has 1 saturated heterocycles. The summed E-state index contributed by atoms with van der Waals surface area (Å²) in [5, 5.41) is 3.12. The number of rotatable bonds is 5. The molecule has 1 aliphatic rings. The molecule has 2 rings (SSSR count). The first-order valence-electron chi connectivity index (χ1n) is 9.48. The average molecular weight is 376 g/mol. The second kappa shape index (κ2) is 8.63. The molecule has 1 unspecified atom stereocenters. The highest BCUT2D eigenvalue weighted by Gasteiger charge is 2.30. The zero-order chi connectivity index (χ0) is 20.2. The van der Waals surface area contributed by atoms with Crippen molar-refractivity contribution in [1.29, 1.82) is 0 Å². The van der Waals surface area contributed by atoms with E-state index in [0.717, 1.165) is 0 Å². The molecule has 0 aromatic heterocycles. The smallest absolute Gasteiger partial charge is 0.254 e. The quantitative estimate of drug-likeness (QED) is 0.857. The zero-order valence-electron chi connectivity index (χ0n) is 17.3. The Morgan fingerprint density at radius 1 is 1.07 bits per heavy atom. The first-order valence-corrected chi connectivity index (χ1v) is 9.48. The van der Waals surface area contributed by atoms with Gasteiger partial charge in [-0.05, 0) is 37.3 Å². The van der Waals surface area contributed by atoms with Gasteiger partial charge in [-0.3, -0.25) is 9.59 Å². The molecular formula is C21H32N2O4. The minimum absolute atomic E-state index is 0.0255. The van der Waals surface area contributed by atoms with Crippen LogP contribution < -0.4 is 14.8 Å². The lowest BCUT2D eigenvalue weighted by Crippen LogP contribution is -2.47. The van der Waals surface area contributed by atoms with E-state index in [1.807, 2.05) is 6.92 Å². The van der Waals surface area contributed by atoms with Gasteiger partial charge in [0.1, 0.15) is 11.5 Å². The fraction of sp³-hybridized carbons (Fsp3) is 0.619. The second-order valence-electron chi connectivity index (χ2n) is 8.26. The highest BCUT2D eigenvalue weighted by molar-refractivity contribution is 5.95. The van der Waals surface area contributed by atoms with Gasteiger partial charge in [-0.25, -0.2) is 0 Å². The Morgan fingerprint density at radius 3 is 2.04 bits per heavy atom. The van der Waals surface area contributed by atoms with Crippen molar-refractivity contribution in [3.63, 3.8) is 0 Å². The average Bonchev–Trinajstić information content (AvgIpc) is 2.66. The van der Waals surface area contributed by atoms with E-state index in [-0.39, 0.29) is 29.2 Å². The van der Waals surface area contributed by atoms with E-state index >= 15 is 0 Å². The zero-order valence-corrected chi connectivity index (χ0v) is 17.3. The monoisotopic (exact) mass is 376 g/mol. The second-order valence-corrected chi connectivity index (χ2v) is 8.26. The van der Waals surface area contributed by atoms with Crippen LogP contribution in [-0.2, 0) is 4.79 Å². The molecule has 1 N–H and O–H groups in total. The van der Waals surface area contributed by atoms with Crippen LogP contribution in [0, 0.1) is 11.3 Å². The minimum Gasteiger partial charge on any atom is -0.497 e. The summed E-state index contributed by atoms with van der Waals surface area (Å²) in [5.41, 5.74) is 0.563. The van der Waals surface area contributed by atoms with E-state index < -0.39 is 0 Å². The van der Waals surface area contributed by atoms with Gasteiger partial charge in [0, 0.05) is 36.7 Å². The van der Waals surface area contributed by atoms with Crippen molar-refractivity contribution in [3.8, 4) is 11.5 Å². The van der Waals surface area contributed by atoms with Crippen molar-refractivity contribution >= 4 is 11.8 Å². The SMILES string of the molecule is COc1cc(OC)cc(C(=O)N2CCC(C(=O)NC(C)C(C)(C)C)CC2)c1. The number of hydrogen-bond donors (Lipinski definition) is 1. The van der Waals surface area contributed by atoms with Gasteiger partial charge in [-0.1, -0.05) is 20.8 Å². The number of nitrogens with zero attached hydrogens (tertiary/aromatic N) is 1. The number of piperidine rings is 1. The highest BCUT2D eigenvalue weighted by atomic mass is 16.5. The number of likely N-dealkylation sites (tertiary alicyclic amines) is 1. The van der Waals surface area contributed by atoms with Crippen molar-refractivity contribution in [2.45, 2.75) is 46.6 Å². The van der Waals surface area contributed by atoms with Gasteiger partial charge in [-0.15, -0.1) is 0 Å². The van der Waals surface area contributed by atoms with E-state index in [1.54, 1.807) is 37.3 Å². The lowest BCUT2D eigenvalue weighted by molar-refractivity contribution is -0.127. The maximum atomic E-state index is 12.8. The minimum atomic E-state index is -0.0610. The van der Waals surface area contributed by atoms with E-state index in [9.17, 15) is 9.59 Å². The van der Waals surface area contributed by atoms with Gasteiger partial charge in [0.2, 0.25) is 5.91 Å². The van der Waals surface area contributed by atoms with Crippen LogP contribution in [-0.4, -0.2) is 50.1 Å². The summed E-state index contributed by atoms with van der Waals surface area (Å²) >= 11 is 0. The third kappa shape index (κ3) is 5.37. The summed E-state index contributed by atoms with van der Waals surface area (Å²) in [4.78, 5) is 27.2. The number of hydrogen-bond acceptors (Lipinski definition) is 4. The van der Waals surface area contributed by atoms with Gasteiger partial charge >= 0.3 is 0 Å². The number of methoxy groups -OCH3 is 2. The number of carbonyl (C=O) groups excluding carboxylic acids is 2. The first-order chi connectivity index (χ1) is 12.7. The van der Waals surface area contributed by atoms with Crippen LogP contribution in [0.4, 0.5) is 0 Å². The molecule has 6 heteroatoms. The number of amides is 2. The van der Waals surface area contributed by atoms with Crippen LogP contribution in [0.5, 0.6) is 11.5 Å². The third-order valence-electron chi connectivity index (χ3n) is 5.41. The molecule has 1 heterocycles. The number of carbonyl (C=O) groups is 2. The largest absolute Gasteiger partial charge is 0.497 e. The van der Waals surface area contributed by atoms with Crippen LogP contribution in [0.1, 0.15) is 50.9 Å². The first kappa shape index (κ1) is 21.1. The Balaban J connectivity index is 1.97. The van der Waals surface area contributed by atoms with Crippen molar-refractivity contribution in [3.05, 3.63) is 23.8 Å². The molecule has 6 nitrogen and oxygen atoms in total. The van der Waals surface area contributed by atoms with E-state index in [0.29, 0.717) is 43.0 Å². The van der Waals surface area contributed by atoms with E-state index in [4.69, 9.17) is 9.47 Å². The summed E-state index contributed by atoms with van der Waals surface area (Å²) in [6, 6.07) is 5.28. The molecule has 1 fully saturated rings. The van der Waals surface area contributed by atoms with Crippen LogP contribution >= 0.6 is 0 Å². The maximum Gasteiger partial charge on any atom is 0.254 e. The predicted octanol–water partition coefficient (Wildman–Crippen LogP) is 3.11. The standard InChI is InChI=1S/C21H32N2O4/c1-14(21(2,3)4)22-19(24)15-7-9-23(10-8-15)20(25)16-11-17(26-5)13-18(12-16)27-6/h11-15H,7-10H2,1-6H3,(H,22,24). The summed E-state index contributed by atoms with van der Waals surface area (Å²) in [7, 11) is 3.12. The van der Waals surface area contributed by atoms with E-state index in [1.165, 1.54) is 0 Å². The lowest BCUT2D eigenvalue weighted by Gasteiger charge is -2.34. The maximum absolute atomic E-state index is 12.8. The Morgan fingerprint density at radius 2 is 1.59 bits per heavy atom. The van der Waals surface area contributed by atoms with Crippen LogP contribution in [0.15, 0.2) is 18.2 Å². The molecule has 1 atom stereocenters. The highest BCUT2D eigenvalue weighted by Crippen LogP contribution is 2.26. The summed E-state index contributed by atoms with van der Waals surface area (Å²) in [6.45, 7) is 9.51. The molecule has 1 aromatic carbocycles. The van der Waals surface area contributed by atoms with Crippen LogP contribution in [0.25, 0.3) is 0 Å². The molecule has 1 aromatic rings. The molecule has 1 aliphatic heterocycles. The molecule has 0 aliphatic carbocycles. The normalized spacial score (nSPS) is 16.6. The van der Waals surface area contributed by atoms with Crippen LogP contribution in [0.2, 0.25) is 0 Å². The Labute approximate surface area is 162 Å². The van der Waals surface area contributed by atoms with Gasteiger partial charge < -0.3 is 19.7 Å². The summed E-state index contributed by atoms with van der Waals surface area (Å²) in [6.07, 6.45) is 1.35. The van der Waals surface area contributed by atoms with Crippen molar-refractivity contribution in [2.24, 2.45) is 11.3 Å². The summed E-state index contributed by atoms with van der Waals surface area (Å²) < 4.78 is 10.5. The molecule has 0 bridgehead atoms. The molecule has 0 radical (unpaired) electrons. The molecular weight excluding hydrogens is 344 g/mol. The number of ether oxygens (including phenoxy) is 2. The van der Waals surface area contributed by atoms with E-state index in [2.05, 4.69) is 26.1 Å². The molecule has 2 amide bonds. The van der Waals surface area contributed by atoms with Gasteiger partial charge in [-0.2, -0.15) is 0 Å². The van der Waals surface area contributed by atoms with Gasteiger partial charge in [0.25, 0.3) is 5.91 Å². The number of benzene rings is 1. The Hall–Kier alpha value is -2.24. The molecule has 0 spiro atoms. The molecule has 27 heavy (non-hydrogen) atoms. The molecule has 0 saturated carbocycles. The van der Waals surface area contributed by atoms with Crippen LogP contribution in [0.3, 0.4) is 0 Å². The Kier molecular flexibility index (Phi) is 6.73. The lowest BCUT2D eigenvalue weighted by atomic mass is 9.87. The third-order valence-corrected chi connectivity index (χ3v) is 5.41. The topological polar surface area (TPSA) is 67.9 Å². The fourth-order valence-electron chi connectivity index (χ4n) is 3.01. The van der Waals surface area contributed by atoms with Gasteiger partial charge in [0.05, 0.1) is 14.2 Å². The summed E-state index contributed by atoms with van der Waals surface area (Å²) in [5.74, 6) is 1.16. The van der Waals surface area contributed by atoms with Crippen molar-refractivity contribution < 1.29 is 19.1 Å². The molecule has 150 valence electrons. The predicted molar refractivity (Wildman–Crippen MR) is 105 cm³/mol.